The first-order chi connectivity index (χ1) is 17.4. The number of pyridine rings is 1. The van der Waals surface area contributed by atoms with Crippen LogP contribution in [0, 0.1) is 0 Å². The SMILES string of the molecule is COc1cc(CCOc2ccnc(NC(=O)c3ccc(N4C[C@@H](C)N[C@@H](C)C4)cc3)c2)cc(OC)c1. The molecule has 0 bridgehead atoms. The molecule has 0 unspecified atom stereocenters. The summed E-state index contributed by atoms with van der Waals surface area (Å²) < 4.78 is 16.5. The van der Waals surface area contributed by atoms with Gasteiger partial charge in [0, 0.05) is 61.2 Å². The highest BCUT2D eigenvalue weighted by molar-refractivity contribution is 6.04. The van der Waals surface area contributed by atoms with E-state index in [1.807, 2.05) is 42.5 Å². The number of ether oxygens (including phenoxy) is 3. The number of amides is 1. The van der Waals surface area contributed by atoms with Crippen LogP contribution >= 0.6 is 0 Å². The van der Waals surface area contributed by atoms with Gasteiger partial charge < -0.3 is 29.7 Å². The summed E-state index contributed by atoms with van der Waals surface area (Å²) in [4.78, 5) is 19.4. The number of hydrogen-bond donors (Lipinski definition) is 2. The molecule has 2 atom stereocenters. The summed E-state index contributed by atoms with van der Waals surface area (Å²) in [6.45, 7) is 6.71. The summed E-state index contributed by atoms with van der Waals surface area (Å²) >= 11 is 0. The number of methoxy groups -OCH3 is 2. The Morgan fingerprint density at radius 2 is 1.64 bits per heavy atom. The summed E-state index contributed by atoms with van der Waals surface area (Å²) in [7, 11) is 3.26. The van der Waals surface area contributed by atoms with Gasteiger partial charge in [-0.3, -0.25) is 4.79 Å². The average molecular weight is 491 g/mol. The van der Waals surface area contributed by atoms with Crippen LogP contribution in [0.1, 0.15) is 29.8 Å². The first-order valence-corrected chi connectivity index (χ1v) is 12.2. The Kier molecular flexibility index (Phi) is 8.28. The molecule has 0 aliphatic carbocycles. The van der Waals surface area contributed by atoms with Gasteiger partial charge in [0.05, 0.1) is 20.8 Å². The molecule has 8 heteroatoms. The highest BCUT2D eigenvalue weighted by Gasteiger charge is 2.21. The molecule has 1 saturated heterocycles. The number of anilines is 2. The van der Waals surface area contributed by atoms with E-state index in [-0.39, 0.29) is 5.91 Å². The van der Waals surface area contributed by atoms with E-state index in [0.717, 1.165) is 35.8 Å². The standard InChI is InChI=1S/C28H34N4O4/c1-19-17-32(18-20(2)30-19)23-7-5-22(6-8-23)28(33)31-27-16-24(9-11-29-27)36-12-10-21-13-25(34-3)15-26(14-21)35-4/h5-9,11,13-16,19-20,30H,10,12,17-18H2,1-4H3,(H,29,31,33)/t19-,20+. The predicted octanol–water partition coefficient (Wildman–Crippen LogP) is 4.16. The van der Waals surface area contributed by atoms with Gasteiger partial charge in [0.1, 0.15) is 23.1 Å². The molecule has 1 aliphatic rings. The number of nitrogens with one attached hydrogen (secondary N) is 2. The first-order valence-electron chi connectivity index (χ1n) is 12.2. The van der Waals surface area contributed by atoms with Gasteiger partial charge >= 0.3 is 0 Å². The third-order valence-corrected chi connectivity index (χ3v) is 6.10. The molecule has 36 heavy (non-hydrogen) atoms. The second-order valence-electron chi connectivity index (χ2n) is 9.07. The van der Waals surface area contributed by atoms with Crippen molar-refractivity contribution in [2.45, 2.75) is 32.4 Å². The van der Waals surface area contributed by atoms with Gasteiger partial charge in [0.25, 0.3) is 5.91 Å². The molecule has 1 aliphatic heterocycles. The van der Waals surface area contributed by atoms with Gasteiger partial charge in [-0.05, 0) is 61.9 Å². The molecule has 1 aromatic heterocycles. The van der Waals surface area contributed by atoms with E-state index in [9.17, 15) is 4.79 Å². The first kappa shape index (κ1) is 25.3. The van der Waals surface area contributed by atoms with Crippen LogP contribution in [-0.4, -0.2) is 56.9 Å². The van der Waals surface area contributed by atoms with E-state index in [2.05, 4.69) is 34.4 Å². The van der Waals surface area contributed by atoms with Crippen LogP contribution in [0.3, 0.4) is 0 Å². The second-order valence-corrected chi connectivity index (χ2v) is 9.07. The molecule has 2 aromatic carbocycles. The fourth-order valence-corrected chi connectivity index (χ4v) is 4.42. The van der Waals surface area contributed by atoms with Crippen molar-refractivity contribution in [2.24, 2.45) is 0 Å². The Bertz CT molecular complexity index is 1140. The molecule has 0 spiro atoms. The maximum Gasteiger partial charge on any atom is 0.256 e. The number of carbonyl (C=O) groups excluding carboxylic acids is 1. The van der Waals surface area contributed by atoms with E-state index < -0.39 is 0 Å². The van der Waals surface area contributed by atoms with Crippen LogP contribution in [0.2, 0.25) is 0 Å². The number of piperazine rings is 1. The maximum atomic E-state index is 12.8. The summed E-state index contributed by atoms with van der Waals surface area (Å²) in [6.07, 6.45) is 2.30. The Balaban J connectivity index is 1.32. The van der Waals surface area contributed by atoms with Crippen LogP contribution in [0.25, 0.3) is 0 Å². The van der Waals surface area contributed by atoms with Gasteiger partial charge in [-0.2, -0.15) is 0 Å². The van der Waals surface area contributed by atoms with Crippen LogP contribution in [0.4, 0.5) is 11.5 Å². The van der Waals surface area contributed by atoms with Crippen molar-refractivity contribution >= 4 is 17.4 Å². The van der Waals surface area contributed by atoms with Crippen molar-refractivity contribution in [2.75, 3.05) is 44.1 Å². The molecule has 4 rings (SSSR count). The minimum Gasteiger partial charge on any atom is -0.497 e. The molecule has 2 heterocycles. The van der Waals surface area contributed by atoms with Gasteiger partial charge in [0.2, 0.25) is 0 Å². The van der Waals surface area contributed by atoms with E-state index in [1.165, 1.54) is 0 Å². The summed E-state index contributed by atoms with van der Waals surface area (Å²) in [5, 5.41) is 6.40. The van der Waals surface area contributed by atoms with E-state index in [1.54, 1.807) is 32.5 Å². The van der Waals surface area contributed by atoms with E-state index in [0.29, 0.717) is 42.2 Å². The lowest BCUT2D eigenvalue weighted by molar-refractivity contribution is 0.102. The smallest absolute Gasteiger partial charge is 0.256 e. The van der Waals surface area contributed by atoms with Crippen molar-refractivity contribution < 1.29 is 19.0 Å². The topological polar surface area (TPSA) is 85.0 Å². The predicted molar refractivity (Wildman–Crippen MR) is 142 cm³/mol. The van der Waals surface area contributed by atoms with E-state index in [4.69, 9.17) is 14.2 Å². The average Bonchev–Trinajstić information content (AvgIpc) is 2.88. The molecule has 190 valence electrons. The monoisotopic (exact) mass is 490 g/mol. The summed E-state index contributed by atoms with van der Waals surface area (Å²) in [5.41, 5.74) is 2.74. The fraction of sp³-hybridized carbons (Fsp3) is 0.357. The van der Waals surface area contributed by atoms with Crippen LogP contribution in [0.5, 0.6) is 17.2 Å². The van der Waals surface area contributed by atoms with Crippen LogP contribution < -0.4 is 29.7 Å². The van der Waals surface area contributed by atoms with Gasteiger partial charge in [-0.25, -0.2) is 4.98 Å². The van der Waals surface area contributed by atoms with Crippen LogP contribution in [0.15, 0.2) is 60.8 Å². The maximum absolute atomic E-state index is 12.8. The molecule has 0 radical (unpaired) electrons. The lowest BCUT2D eigenvalue weighted by Crippen LogP contribution is -2.54. The highest BCUT2D eigenvalue weighted by Crippen LogP contribution is 2.24. The Morgan fingerprint density at radius 3 is 2.28 bits per heavy atom. The third kappa shape index (κ3) is 6.66. The molecule has 3 aromatic rings. The minimum atomic E-state index is -0.211. The second kappa shape index (κ2) is 11.8. The number of hydrogen-bond acceptors (Lipinski definition) is 7. The highest BCUT2D eigenvalue weighted by atomic mass is 16.5. The molecule has 0 saturated carbocycles. The van der Waals surface area contributed by atoms with Crippen molar-refractivity contribution in [1.82, 2.24) is 10.3 Å². The van der Waals surface area contributed by atoms with Gasteiger partial charge in [0.15, 0.2) is 0 Å². The molecular formula is C28H34N4O4. The van der Waals surface area contributed by atoms with Crippen molar-refractivity contribution in [3.8, 4) is 17.2 Å². The fourth-order valence-electron chi connectivity index (χ4n) is 4.42. The quantitative estimate of drug-likeness (QED) is 0.466. The van der Waals surface area contributed by atoms with Gasteiger partial charge in [-0.1, -0.05) is 0 Å². The van der Waals surface area contributed by atoms with E-state index >= 15 is 0 Å². The number of nitrogens with zero attached hydrogens (tertiary/aromatic N) is 2. The number of benzene rings is 2. The normalized spacial score (nSPS) is 17.4. The Hall–Kier alpha value is -3.78. The van der Waals surface area contributed by atoms with Crippen molar-refractivity contribution in [1.29, 1.82) is 0 Å². The Morgan fingerprint density at radius 1 is 0.972 bits per heavy atom. The molecule has 1 fully saturated rings. The zero-order chi connectivity index (χ0) is 25.5. The molecule has 1 amide bonds. The van der Waals surface area contributed by atoms with Crippen molar-refractivity contribution in [3.05, 3.63) is 71.9 Å². The molecule has 8 nitrogen and oxygen atoms in total. The molecular weight excluding hydrogens is 456 g/mol. The number of rotatable bonds is 9. The summed E-state index contributed by atoms with van der Waals surface area (Å²) in [5.74, 6) is 2.34. The zero-order valence-corrected chi connectivity index (χ0v) is 21.3. The zero-order valence-electron chi connectivity index (χ0n) is 21.3. The lowest BCUT2D eigenvalue weighted by Gasteiger charge is -2.37. The number of aromatic nitrogens is 1. The third-order valence-electron chi connectivity index (χ3n) is 6.10. The molecule has 2 N–H and O–H groups in total. The van der Waals surface area contributed by atoms with Gasteiger partial charge in [-0.15, -0.1) is 0 Å². The largest absolute Gasteiger partial charge is 0.497 e. The number of carbonyl (C=O) groups is 1. The lowest BCUT2D eigenvalue weighted by atomic mass is 10.1. The van der Waals surface area contributed by atoms with Crippen molar-refractivity contribution in [3.63, 3.8) is 0 Å². The van der Waals surface area contributed by atoms with Crippen LogP contribution in [-0.2, 0) is 6.42 Å². The summed E-state index contributed by atoms with van der Waals surface area (Å²) in [6, 6.07) is 17.8. The minimum absolute atomic E-state index is 0.211. The Labute approximate surface area is 212 Å².